The summed E-state index contributed by atoms with van der Waals surface area (Å²) in [5.41, 5.74) is 6.68. The Kier molecular flexibility index (Phi) is 4.63. The largest absolute Gasteiger partial charge is 0.401 e. The molecule has 1 fully saturated rings. The molecule has 3 N–H and O–H groups in total. The second-order valence-electron chi connectivity index (χ2n) is 4.93. The predicted octanol–water partition coefficient (Wildman–Crippen LogP) is 2.31. The second-order valence-corrected chi connectivity index (χ2v) is 5.33. The highest BCUT2D eigenvalue weighted by atomic mass is 35.5. The summed E-state index contributed by atoms with van der Waals surface area (Å²) >= 11 is 6.05. The molecule has 2 rings (SSSR count). The van der Waals surface area contributed by atoms with Crippen molar-refractivity contribution in [3.8, 4) is 0 Å². The Morgan fingerprint density at radius 3 is 2.38 bits per heavy atom. The molecule has 1 aromatic rings. The van der Waals surface area contributed by atoms with Crippen molar-refractivity contribution >= 4 is 23.1 Å². The number of piperazine rings is 1. The third kappa shape index (κ3) is 4.01. The van der Waals surface area contributed by atoms with Gasteiger partial charge >= 0.3 is 6.18 Å². The molecule has 0 atom stereocenters. The van der Waals surface area contributed by atoms with Crippen LogP contribution in [0.3, 0.4) is 0 Å². The van der Waals surface area contributed by atoms with E-state index in [1.54, 1.807) is 18.2 Å². The lowest BCUT2D eigenvalue weighted by Crippen LogP contribution is -2.49. The SMILES string of the molecule is N=C(N)c1c(Cl)cccc1N1CCN(CC(F)(F)F)CC1. The number of hydrogen-bond donors (Lipinski definition) is 2. The van der Waals surface area contributed by atoms with Crippen LogP contribution in [0.4, 0.5) is 18.9 Å². The van der Waals surface area contributed by atoms with E-state index in [0.717, 1.165) is 0 Å². The molecule has 4 nitrogen and oxygen atoms in total. The maximum Gasteiger partial charge on any atom is 0.401 e. The summed E-state index contributed by atoms with van der Waals surface area (Å²) in [7, 11) is 0. The lowest BCUT2D eigenvalue weighted by atomic mass is 10.1. The monoisotopic (exact) mass is 320 g/mol. The number of anilines is 1. The molecule has 116 valence electrons. The number of nitrogens with one attached hydrogen (secondary N) is 1. The molecule has 0 unspecified atom stereocenters. The van der Waals surface area contributed by atoms with E-state index >= 15 is 0 Å². The summed E-state index contributed by atoms with van der Waals surface area (Å²) in [5, 5.41) is 7.97. The molecule has 21 heavy (non-hydrogen) atoms. The summed E-state index contributed by atoms with van der Waals surface area (Å²) in [6.07, 6.45) is -4.18. The molecule has 0 aromatic heterocycles. The van der Waals surface area contributed by atoms with Crippen molar-refractivity contribution in [2.75, 3.05) is 37.6 Å². The van der Waals surface area contributed by atoms with Gasteiger partial charge in [0, 0.05) is 31.9 Å². The zero-order chi connectivity index (χ0) is 15.6. The summed E-state index contributed by atoms with van der Waals surface area (Å²) in [6, 6.07) is 5.16. The van der Waals surface area contributed by atoms with E-state index in [-0.39, 0.29) is 5.84 Å². The minimum Gasteiger partial charge on any atom is -0.384 e. The quantitative estimate of drug-likeness (QED) is 0.664. The molecule has 0 radical (unpaired) electrons. The van der Waals surface area contributed by atoms with Crippen molar-refractivity contribution in [1.29, 1.82) is 5.41 Å². The number of benzene rings is 1. The molecule has 1 saturated heterocycles. The van der Waals surface area contributed by atoms with Gasteiger partial charge in [0.15, 0.2) is 0 Å². The van der Waals surface area contributed by atoms with Gasteiger partial charge in [-0.25, -0.2) is 0 Å². The Hall–Kier alpha value is -1.47. The molecule has 1 heterocycles. The number of amidine groups is 1. The van der Waals surface area contributed by atoms with Crippen molar-refractivity contribution in [3.63, 3.8) is 0 Å². The topological polar surface area (TPSA) is 56.4 Å². The molecule has 0 spiro atoms. The molecule has 0 bridgehead atoms. The molecule has 0 aliphatic carbocycles. The lowest BCUT2D eigenvalue weighted by molar-refractivity contribution is -0.146. The zero-order valence-corrected chi connectivity index (χ0v) is 12.0. The Balaban J connectivity index is 2.10. The Bertz CT molecular complexity index is 525. The van der Waals surface area contributed by atoms with Gasteiger partial charge in [-0.15, -0.1) is 0 Å². The highest BCUT2D eigenvalue weighted by molar-refractivity contribution is 6.34. The van der Waals surface area contributed by atoms with Crippen LogP contribution >= 0.6 is 11.6 Å². The first kappa shape index (κ1) is 15.9. The molecule has 1 aliphatic rings. The summed E-state index contributed by atoms with van der Waals surface area (Å²) in [6.45, 7) is 0.607. The smallest absolute Gasteiger partial charge is 0.384 e. The first-order valence-corrected chi connectivity index (χ1v) is 6.82. The highest BCUT2D eigenvalue weighted by Crippen LogP contribution is 2.28. The van der Waals surface area contributed by atoms with Crippen LogP contribution in [-0.4, -0.2) is 49.6 Å². The number of rotatable bonds is 3. The number of hydrogen-bond acceptors (Lipinski definition) is 3. The van der Waals surface area contributed by atoms with Gasteiger partial charge in [-0.1, -0.05) is 17.7 Å². The fraction of sp³-hybridized carbons (Fsp3) is 0.462. The summed E-state index contributed by atoms with van der Waals surface area (Å²) < 4.78 is 37.1. The van der Waals surface area contributed by atoms with Crippen LogP contribution in [0.5, 0.6) is 0 Å². The van der Waals surface area contributed by atoms with E-state index in [1.807, 2.05) is 4.90 Å². The fourth-order valence-electron chi connectivity index (χ4n) is 2.44. The van der Waals surface area contributed by atoms with E-state index in [1.165, 1.54) is 4.90 Å². The van der Waals surface area contributed by atoms with Crippen LogP contribution in [-0.2, 0) is 0 Å². The fourth-order valence-corrected chi connectivity index (χ4v) is 2.71. The maximum atomic E-state index is 12.4. The van der Waals surface area contributed by atoms with Crippen LogP contribution < -0.4 is 10.6 Å². The minimum atomic E-state index is -4.18. The Morgan fingerprint density at radius 1 is 1.24 bits per heavy atom. The number of nitrogen functional groups attached to an aromatic ring is 1. The van der Waals surface area contributed by atoms with Crippen molar-refractivity contribution in [2.24, 2.45) is 5.73 Å². The minimum absolute atomic E-state index is 0.145. The van der Waals surface area contributed by atoms with Gasteiger partial charge < -0.3 is 10.6 Å². The van der Waals surface area contributed by atoms with Gasteiger partial charge in [-0.3, -0.25) is 10.3 Å². The summed E-state index contributed by atoms with van der Waals surface area (Å²) in [5.74, 6) is -0.145. The van der Waals surface area contributed by atoms with E-state index in [9.17, 15) is 13.2 Å². The Morgan fingerprint density at radius 2 is 1.86 bits per heavy atom. The molecular weight excluding hydrogens is 305 g/mol. The van der Waals surface area contributed by atoms with E-state index in [4.69, 9.17) is 22.7 Å². The van der Waals surface area contributed by atoms with Crippen molar-refractivity contribution in [1.82, 2.24) is 4.90 Å². The van der Waals surface area contributed by atoms with Gasteiger partial charge in [0.25, 0.3) is 0 Å². The number of alkyl halides is 3. The molecule has 0 amide bonds. The molecule has 0 saturated carbocycles. The average Bonchev–Trinajstić information content (AvgIpc) is 2.37. The lowest BCUT2D eigenvalue weighted by Gasteiger charge is -2.37. The first-order chi connectivity index (χ1) is 9.78. The number of halogens is 4. The van der Waals surface area contributed by atoms with Crippen molar-refractivity contribution in [2.45, 2.75) is 6.18 Å². The van der Waals surface area contributed by atoms with Crippen LogP contribution in [0, 0.1) is 5.41 Å². The normalized spacial score (nSPS) is 17.0. The van der Waals surface area contributed by atoms with Crippen LogP contribution in [0.15, 0.2) is 18.2 Å². The Labute approximate surface area is 125 Å². The molecule has 8 heteroatoms. The van der Waals surface area contributed by atoms with Crippen LogP contribution in [0.1, 0.15) is 5.56 Å². The second kappa shape index (κ2) is 6.11. The number of nitrogens with two attached hydrogens (primary N) is 1. The van der Waals surface area contributed by atoms with Gasteiger partial charge in [0.05, 0.1) is 17.1 Å². The first-order valence-electron chi connectivity index (χ1n) is 6.45. The number of nitrogens with zero attached hydrogens (tertiary/aromatic N) is 2. The van der Waals surface area contributed by atoms with Gasteiger partial charge in [0.2, 0.25) is 0 Å². The van der Waals surface area contributed by atoms with Gasteiger partial charge in [-0.05, 0) is 12.1 Å². The standard InChI is InChI=1S/C13H16ClF3N4/c14-9-2-1-3-10(11(9)12(18)19)21-6-4-20(5-7-21)8-13(15,16)17/h1-3H,4-8H2,(H3,18,19). The molecular formula is C13H16ClF3N4. The van der Waals surface area contributed by atoms with Crippen LogP contribution in [0.25, 0.3) is 0 Å². The zero-order valence-electron chi connectivity index (χ0n) is 11.3. The van der Waals surface area contributed by atoms with Gasteiger partial charge in [-0.2, -0.15) is 13.2 Å². The predicted molar refractivity (Wildman–Crippen MR) is 77.2 cm³/mol. The maximum absolute atomic E-state index is 12.4. The average molecular weight is 321 g/mol. The third-order valence-corrected chi connectivity index (χ3v) is 3.69. The van der Waals surface area contributed by atoms with E-state index in [0.29, 0.717) is 42.5 Å². The molecule has 1 aliphatic heterocycles. The third-order valence-electron chi connectivity index (χ3n) is 3.38. The highest BCUT2D eigenvalue weighted by Gasteiger charge is 2.32. The summed E-state index contributed by atoms with van der Waals surface area (Å²) in [4.78, 5) is 3.28. The van der Waals surface area contributed by atoms with Crippen molar-refractivity contribution in [3.05, 3.63) is 28.8 Å². The molecule has 1 aromatic carbocycles. The van der Waals surface area contributed by atoms with E-state index in [2.05, 4.69) is 0 Å². The van der Waals surface area contributed by atoms with Crippen LogP contribution in [0.2, 0.25) is 5.02 Å². The van der Waals surface area contributed by atoms with Gasteiger partial charge in [0.1, 0.15) is 5.84 Å². The van der Waals surface area contributed by atoms with Crippen molar-refractivity contribution < 1.29 is 13.2 Å². The van der Waals surface area contributed by atoms with E-state index < -0.39 is 12.7 Å².